The number of esters is 1. The van der Waals surface area contributed by atoms with Gasteiger partial charge in [0.2, 0.25) is 0 Å². The maximum atomic E-state index is 12.4. The lowest BCUT2D eigenvalue weighted by Gasteiger charge is -2.08. The second-order valence-corrected chi connectivity index (χ2v) is 4.93. The van der Waals surface area contributed by atoms with E-state index in [1.54, 1.807) is 25.3 Å². The summed E-state index contributed by atoms with van der Waals surface area (Å²) < 4.78 is 15.3. The van der Waals surface area contributed by atoms with Crippen molar-refractivity contribution in [2.75, 3.05) is 14.2 Å². The molecule has 5 heteroatoms. The van der Waals surface area contributed by atoms with Crippen LogP contribution in [0.2, 0.25) is 0 Å². The number of hydrogen-bond acceptors (Lipinski definition) is 5. The van der Waals surface area contributed by atoms with Gasteiger partial charge in [0.05, 0.1) is 19.8 Å². The Morgan fingerprint density at radius 3 is 2.12 bits per heavy atom. The van der Waals surface area contributed by atoms with E-state index in [2.05, 4.69) is 0 Å². The molecule has 0 saturated carbocycles. The van der Waals surface area contributed by atoms with Gasteiger partial charge in [-0.1, -0.05) is 18.2 Å². The molecule has 0 aromatic heterocycles. The van der Waals surface area contributed by atoms with E-state index in [0.717, 1.165) is 11.3 Å². The summed E-state index contributed by atoms with van der Waals surface area (Å²) in [5, 5.41) is 0. The molecule has 2 rings (SSSR count). The van der Waals surface area contributed by atoms with Crippen molar-refractivity contribution in [3.8, 4) is 17.2 Å². The summed E-state index contributed by atoms with van der Waals surface area (Å²) in [6.07, 6.45) is 3.11. The number of ketones is 1. The third-order valence-corrected chi connectivity index (χ3v) is 3.25. The minimum Gasteiger partial charge on any atom is -0.497 e. The van der Waals surface area contributed by atoms with Crippen LogP contribution in [-0.4, -0.2) is 26.0 Å². The van der Waals surface area contributed by atoms with Crippen LogP contribution in [0.4, 0.5) is 0 Å². The van der Waals surface area contributed by atoms with Crippen LogP contribution in [0.5, 0.6) is 17.2 Å². The highest BCUT2D eigenvalue weighted by atomic mass is 16.5. The Morgan fingerprint density at radius 1 is 0.917 bits per heavy atom. The highest BCUT2D eigenvalue weighted by Crippen LogP contribution is 2.26. The second-order valence-electron chi connectivity index (χ2n) is 4.93. The fourth-order valence-electron chi connectivity index (χ4n) is 2.05. The maximum Gasteiger partial charge on any atom is 0.308 e. The Balaban J connectivity index is 2.24. The van der Waals surface area contributed by atoms with Crippen LogP contribution in [0.3, 0.4) is 0 Å². The molecule has 5 nitrogen and oxygen atoms in total. The molecule has 2 aromatic rings. The summed E-state index contributed by atoms with van der Waals surface area (Å²) in [6.45, 7) is 1.28. The van der Waals surface area contributed by atoms with Gasteiger partial charge in [-0.2, -0.15) is 0 Å². The number of benzene rings is 2. The molecule has 0 bridgehead atoms. The number of methoxy groups -OCH3 is 2. The van der Waals surface area contributed by atoms with Gasteiger partial charge >= 0.3 is 5.97 Å². The van der Waals surface area contributed by atoms with Crippen molar-refractivity contribution in [3.05, 3.63) is 59.7 Å². The Hall–Kier alpha value is -3.08. The molecule has 0 N–H and O–H groups in total. The molecular weight excluding hydrogens is 308 g/mol. The van der Waals surface area contributed by atoms with E-state index in [0.29, 0.717) is 5.75 Å². The van der Waals surface area contributed by atoms with E-state index in [1.165, 1.54) is 26.2 Å². The average Bonchev–Trinajstić information content (AvgIpc) is 2.59. The van der Waals surface area contributed by atoms with E-state index in [-0.39, 0.29) is 17.1 Å². The van der Waals surface area contributed by atoms with Crippen LogP contribution in [0.25, 0.3) is 6.08 Å². The molecular formula is C19H18O5. The highest BCUT2D eigenvalue weighted by molar-refractivity contribution is 6.09. The summed E-state index contributed by atoms with van der Waals surface area (Å²) in [4.78, 5) is 23.6. The lowest BCUT2D eigenvalue weighted by Crippen LogP contribution is -2.07. The Morgan fingerprint density at radius 2 is 1.54 bits per heavy atom. The molecule has 0 spiro atoms. The van der Waals surface area contributed by atoms with Crippen molar-refractivity contribution in [1.29, 1.82) is 0 Å². The molecule has 0 amide bonds. The first-order valence-electron chi connectivity index (χ1n) is 7.26. The van der Waals surface area contributed by atoms with Crippen LogP contribution < -0.4 is 14.2 Å². The number of allylic oxidation sites excluding steroid dienone is 1. The Kier molecular flexibility index (Phi) is 5.73. The molecule has 0 unspecified atom stereocenters. The van der Waals surface area contributed by atoms with Crippen LogP contribution in [0.15, 0.2) is 48.5 Å². The van der Waals surface area contributed by atoms with Gasteiger partial charge in [-0.25, -0.2) is 0 Å². The minimum atomic E-state index is -0.503. The van der Waals surface area contributed by atoms with Crippen LogP contribution in [0.1, 0.15) is 22.8 Å². The zero-order valence-electron chi connectivity index (χ0n) is 13.7. The van der Waals surface area contributed by atoms with Crippen molar-refractivity contribution in [3.63, 3.8) is 0 Å². The quantitative estimate of drug-likeness (QED) is 0.352. The third kappa shape index (κ3) is 4.46. The lowest BCUT2D eigenvalue weighted by molar-refractivity contribution is -0.131. The lowest BCUT2D eigenvalue weighted by atomic mass is 10.1. The molecule has 2 aromatic carbocycles. The van der Waals surface area contributed by atoms with Gasteiger partial charge in [0, 0.05) is 13.0 Å². The molecule has 0 fully saturated rings. The van der Waals surface area contributed by atoms with Gasteiger partial charge < -0.3 is 14.2 Å². The molecule has 0 atom stereocenters. The molecule has 0 saturated heterocycles. The van der Waals surface area contributed by atoms with Crippen LogP contribution >= 0.6 is 0 Å². The summed E-state index contributed by atoms with van der Waals surface area (Å²) in [5.41, 5.74) is 1.14. The fourth-order valence-corrected chi connectivity index (χ4v) is 2.05. The summed E-state index contributed by atoms with van der Waals surface area (Å²) in [5.74, 6) is 0.639. The van der Waals surface area contributed by atoms with Crippen LogP contribution in [0, 0.1) is 0 Å². The monoisotopic (exact) mass is 326 g/mol. The summed E-state index contributed by atoms with van der Waals surface area (Å²) in [6, 6.07) is 12.0. The van der Waals surface area contributed by atoms with E-state index >= 15 is 0 Å². The Labute approximate surface area is 140 Å². The molecule has 24 heavy (non-hydrogen) atoms. The van der Waals surface area contributed by atoms with Gasteiger partial charge in [0.25, 0.3) is 0 Å². The van der Waals surface area contributed by atoms with Crippen molar-refractivity contribution >= 4 is 17.8 Å². The van der Waals surface area contributed by atoms with E-state index < -0.39 is 5.97 Å². The largest absolute Gasteiger partial charge is 0.497 e. The SMILES string of the molecule is COc1ccc(C=CC(=O)c2ccc(OC)cc2OC(C)=O)cc1. The molecule has 0 heterocycles. The predicted octanol–water partition coefficient (Wildman–Crippen LogP) is 3.53. The Bertz CT molecular complexity index is 760. The second kappa shape index (κ2) is 7.97. The fraction of sp³-hybridized carbons (Fsp3) is 0.158. The number of carbonyl (C=O) groups is 2. The predicted molar refractivity (Wildman–Crippen MR) is 90.7 cm³/mol. The summed E-state index contributed by atoms with van der Waals surface area (Å²) >= 11 is 0. The molecule has 0 aliphatic rings. The topological polar surface area (TPSA) is 61.8 Å². The van der Waals surface area contributed by atoms with Crippen molar-refractivity contribution in [1.82, 2.24) is 0 Å². The zero-order chi connectivity index (χ0) is 17.5. The van der Waals surface area contributed by atoms with E-state index in [1.807, 2.05) is 24.3 Å². The smallest absolute Gasteiger partial charge is 0.308 e. The number of carbonyl (C=O) groups excluding carboxylic acids is 2. The normalized spacial score (nSPS) is 10.5. The van der Waals surface area contributed by atoms with Gasteiger partial charge in [-0.15, -0.1) is 0 Å². The number of hydrogen-bond donors (Lipinski definition) is 0. The zero-order valence-corrected chi connectivity index (χ0v) is 13.7. The highest BCUT2D eigenvalue weighted by Gasteiger charge is 2.13. The first kappa shape index (κ1) is 17.3. The standard InChI is InChI=1S/C19H18O5/c1-13(20)24-19-12-16(23-3)9-10-17(19)18(21)11-6-14-4-7-15(22-2)8-5-14/h4-12H,1-3H3. The number of ether oxygens (including phenoxy) is 3. The van der Waals surface area contributed by atoms with Gasteiger partial charge in [0.15, 0.2) is 5.78 Å². The van der Waals surface area contributed by atoms with Crippen LogP contribution in [-0.2, 0) is 4.79 Å². The average molecular weight is 326 g/mol. The van der Waals surface area contributed by atoms with Gasteiger partial charge in [0.1, 0.15) is 17.2 Å². The molecule has 0 radical (unpaired) electrons. The van der Waals surface area contributed by atoms with Crippen molar-refractivity contribution in [2.45, 2.75) is 6.92 Å². The van der Waals surface area contributed by atoms with Gasteiger partial charge in [-0.05, 0) is 35.9 Å². The van der Waals surface area contributed by atoms with Crippen molar-refractivity contribution in [2.24, 2.45) is 0 Å². The van der Waals surface area contributed by atoms with E-state index in [9.17, 15) is 9.59 Å². The van der Waals surface area contributed by atoms with E-state index in [4.69, 9.17) is 14.2 Å². The number of rotatable bonds is 6. The molecule has 124 valence electrons. The first-order valence-corrected chi connectivity index (χ1v) is 7.26. The third-order valence-electron chi connectivity index (χ3n) is 3.25. The van der Waals surface area contributed by atoms with Gasteiger partial charge in [-0.3, -0.25) is 9.59 Å². The maximum absolute atomic E-state index is 12.4. The first-order chi connectivity index (χ1) is 11.5. The molecule has 0 aliphatic carbocycles. The molecule has 0 aliphatic heterocycles. The minimum absolute atomic E-state index is 0.172. The van der Waals surface area contributed by atoms with Crippen molar-refractivity contribution < 1.29 is 23.8 Å². The summed E-state index contributed by atoms with van der Waals surface area (Å²) in [7, 11) is 3.09.